The summed E-state index contributed by atoms with van der Waals surface area (Å²) < 4.78 is 5.61. The lowest BCUT2D eigenvalue weighted by Gasteiger charge is -2.12. The molecule has 0 radical (unpaired) electrons. The van der Waals surface area contributed by atoms with Crippen LogP contribution in [-0.2, 0) is 14.3 Å². The maximum Gasteiger partial charge on any atom is 0.312 e. The molecule has 1 unspecified atom stereocenters. The summed E-state index contributed by atoms with van der Waals surface area (Å²) in [4.78, 5) is 22.9. The van der Waals surface area contributed by atoms with Gasteiger partial charge >= 0.3 is 5.97 Å². The minimum atomic E-state index is -0.0935. The Balaban J connectivity index is 3.84. The molecule has 0 aliphatic rings. The van der Waals surface area contributed by atoms with Gasteiger partial charge in [-0.05, 0) is 38.5 Å². The molecule has 33 heavy (non-hydrogen) atoms. The minimum Gasteiger partial charge on any atom is -0.465 e. The summed E-state index contributed by atoms with van der Waals surface area (Å²) in [5.74, 6) is -0.140. The number of aliphatic hydroxyl groups excluding tert-OH is 1. The van der Waals surface area contributed by atoms with Gasteiger partial charge in [-0.2, -0.15) is 0 Å². The molecule has 1 N–H and O–H groups in total. The summed E-state index contributed by atoms with van der Waals surface area (Å²) in [5.41, 5.74) is 0. The number of carbonyl (C=O) groups excluding carboxylic acids is 2. The number of aldehydes is 1. The second-order valence-electron chi connectivity index (χ2n) is 9.47. The number of esters is 1. The first-order chi connectivity index (χ1) is 16.3. The lowest BCUT2D eigenvalue weighted by Crippen LogP contribution is -2.16. The van der Waals surface area contributed by atoms with Gasteiger partial charge in [0.15, 0.2) is 0 Å². The van der Waals surface area contributed by atoms with E-state index < -0.39 is 0 Å². The van der Waals surface area contributed by atoms with E-state index in [1.165, 1.54) is 44.9 Å². The van der Waals surface area contributed by atoms with Crippen LogP contribution in [0.4, 0.5) is 0 Å². The van der Waals surface area contributed by atoms with Crippen LogP contribution < -0.4 is 0 Å². The van der Waals surface area contributed by atoms with Crippen LogP contribution >= 0.6 is 0 Å². The van der Waals surface area contributed by atoms with Gasteiger partial charge in [-0.3, -0.25) is 4.79 Å². The van der Waals surface area contributed by atoms with Crippen molar-refractivity contribution >= 4 is 12.3 Å². The van der Waals surface area contributed by atoms with Crippen molar-refractivity contribution in [2.24, 2.45) is 5.92 Å². The van der Waals surface area contributed by atoms with Crippen LogP contribution in [0.3, 0.4) is 0 Å². The molecule has 1 atom stereocenters. The number of unbranched alkanes of at least 4 members (excludes halogenated alkanes) is 17. The topological polar surface area (TPSA) is 63.6 Å². The Morgan fingerprint density at radius 3 is 1.85 bits per heavy atom. The van der Waals surface area contributed by atoms with Crippen molar-refractivity contribution in [1.82, 2.24) is 0 Å². The summed E-state index contributed by atoms with van der Waals surface area (Å²) in [6, 6.07) is 0. The lowest BCUT2D eigenvalue weighted by molar-refractivity contribution is -0.147. The number of allylic oxidation sites excluding steroid dienone is 1. The molecule has 0 aromatic rings. The van der Waals surface area contributed by atoms with Crippen LogP contribution in [0, 0.1) is 5.92 Å². The lowest BCUT2D eigenvalue weighted by atomic mass is 10.00. The molecule has 0 aliphatic heterocycles. The van der Waals surface area contributed by atoms with Crippen molar-refractivity contribution in [3.05, 3.63) is 12.2 Å². The fourth-order valence-corrected chi connectivity index (χ4v) is 4.10. The molecule has 0 spiro atoms. The predicted octanol–water partition coefficient (Wildman–Crippen LogP) is 8.11. The van der Waals surface area contributed by atoms with Gasteiger partial charge < -0.3 is 14.6 Å². The average Bonchev–Trinajstić information content (AvgIpc) is 2.82. The van der Waals surface area contributed by atoms with Crippen LogP contribution in [0.5, 0.6) is 0 Å². The Morgan fingerprint density at radius 1 is 0.727 bits per heavy atom. The van der Waals surface area contributed by atoms with Crippen LogP contribution in [0.25, 0.3) is 0 Å². The number of hydrogen-bond donors (Lipinski definition) is 1. The van der Waals surface area contributed by atoms with Crippen LogP contribution in [0.15, 0.2) is 12.2 Å². The van der Waals surface area contributed by atoms with E-state index in [0.717, 1.165) is 89.8 Å². The highest BCUT2D eigenvalue weighted by molar-refractivity contribution is 5.74. The maximum atomic E-state index is 12.6. The molecule has 0 saturated heterocycles. The van der Waals surface area contributed by atoms with E-state index in [0.29, 0.717) is 19.6 Å². The zero-order valence-electron chi connectivity index (χ0n) is 21.7. The fraction of sp³-hybridized carbons (Fsp3) is 0.862. The van der Waals surface area contributed by atoms with Crippen LogP contribution in [0.2, 0.25) is 0 Å². The van der Waals surface area contributed by atoms with Crippen molar-refractivity contribution in [2.75, 3.05) is 13.2 Å². The van der Waals surface area contributed by atoms with Gasteiger partial charge in [-0.1, -0.05) is 109 Å². The second-order valence-corrected chi connectivity index (χ2v) is 9.47. The molecule has 0 aliphatic carbocycles. The Morgan fingerprint density at radius 2 is 1.27 bits per heavy atom. The third-order valence-corrected chi connectivity index (χ3v) is 6.28. The molecule has 0 heterocycles. The summed E-state index contributed by atoms with van der Waals surface area (Å²) >= 11 is 0. The number of ether oxygens (including phenoxy) is 1. The van der Waals surface area contributed by atoms with Gasteiger partial charge in [-0.15, -0.1) is 0 Å². The van der Waals surface area contributed by atoms with Crippen LogP contribution in [-0.4, -0.2) is 30.6 Å². The first kappa shape index (κ1) is 31.8. The van der Waals surface area contributed by atoms with Gasteiger partial charge in [0.25, 0.3) is 0 Å². The summed E-state index contributed by atoms with van der Waals surface area (Å²) in [6.07, 6.45) is 28.8. The number of rotatable bonds is 26. The van der Waals surface area contributed by atoms with E-state index in [-0.39, 0.29) is 11.9 Å². The van der Waals surface area contributed by atoms with Crippen LogP contribution in [0.1, 0.15) is 142 Å². The molecule has 0 bridgehead atoms. The molecule has 0 aromatic carbocycles. The molecular weight excluding hydrogens is 412 g/mol. The maximum absolute atomic E-state index is 12.6. The average molecular weight is 467 g/mol. The van der Waals surface area contributed by atoms with E-state index in [2.05, 4.69) is 19.1 Å². The van der Waals surface area contributed by atoms with Gasteiger partial charge in [0.1, 0.15) is 6.29 Å². The van der Waals surface area contributed by atoms with Gasteiger partial charge in [0.05, 0.1) is 12.5 Å². The molecule has 0 aromatic heterocycles. The highest BCUT2D eigenvalue weighted by atomic mass is 16.5. The molecule has 0 fully saturated rings. The predicted molar refractivity (Wildman–Crippen MR) is 139 cm³/mol. The second kappa shape index (κ2) is 27.1. The summed E-state index contributed by atoms with van der Waals surface area (Å²) in [6.45, 7) is 3.07. The molecule has 0 rings (SSSR count). The van der Waals surface area contributed by atoms with Gasteiger partial charge in [-0.25, -0.2) is 0 Å². The van der Waals surface area contributed by atoms with Gasteiger partial charge in [0, 0.05) is 13.0 Å². The van der Waals surface area contributed by atoms with Crippen molar-refractivity contribution in [3.8, 4) is 0 Å². The third kappa shape index (κ3) is 23.8. The van der Waals surface area contributed by atoms with Crippen molar-refractivity contribution in [1.29, 1.82) is 0 Å². The molecule has 194 valence electrons. The Labute approximate surface area is 204 Å². The first-order valence-corrected chi connectivity index (χ1v) is 14.1. The first-order valence-electron chi connectivity index (χ1n) is 14.1. The number of carbonyl (C=O) groups is 2. The smallest absolute Gasteiger partial charge is 0.312 e. The zero-order valence-corrected chi connectivity index (χ0v) is 21.7. The normalized spacial score (nSPS) is 12.3. The Hall–Kier alpha value is -1.16. The van der Waals surface area contributed by atoms with E-state index in [1.54, 1.807) is 0 Å². The van der Waals surface area contributed by atoms with Crippen molar-refractivity contribution in [3.63, 3.8) is 0 Å². The fourth-order valence-electron chi connectivity index (χ4n) is 4.10. The molecular formula is C29H54O4. The molecule has 0 amide bonds. The Kier molecular flexibility index (Phi) is 26.1. The number of hydrogen-bond acceptors (Lipinski definition) is 4. The standard InChI is InChI=1S/C29H54O4/c1-2-3-18-23-28(24-19-14-10-9-12-16-21-26-31)29(32)33-27-22-17-13-8-6-4-5-7-11-15-20-25-30/h19,24,26,28,30H,2-18,20-23,25,27H2,1H3/b24-19+. The van der Waals surface area contributed by atoms with E-state index >= 15 is 0 Å². The summed E-state index contributed by atoms with van der Waals surface area (Å²) in [5, 5.41) is 8.77. The van der Waals surface area contributed by atoms with E-state index in [1.807, 2.05) is 0 Å². The SMILES string of the molecule is CCCCCC(/C=C/CCCCCCC=O)C(=O)OCCCCCCCCCCCCCO. The molecule has 0 saturated carbocycles. The number of aliphatic hydroxyl groups is 1. The third-order valence-electron chi connectivity index (χ3n) is 6.28. The summed E-state index contributed by atoms with van der Waals surface area (Å²) in [7, 11) is 0. The quantitative estimate of drug-likeness (QED) is 0.0605. The van der Waals surface area contributed by atoms with Gasteiger partial charge in [0.2, 0.25) is 0 Å². The van der Waals surface area contributed by atoms with E-state index in [4.69, 9.17) is 9.84 Å². The monoisotopic (exact) mass is 466 g/mol. The largest absolute Gasteiger partial charge is 0.465 e. The van der Waals surface area contributed by atoms with E-state index in [9.17, 15) is 9.59 Å². The highest BCUT2D eigenvalue weighted by Gasteiger charge is 2.16. The van der Waals surface area contributed by atoms with Crippen molar-refractivity contribution < 1.29 is 19.4 Å². The minimum absolute atomic E-state index is 0.0467. The highest BCUT2D eigenvalue weighted by Crippen LogP contribution is 2.16. The molecule has 4 nitrogen and oxygen atoms in total. The molecule has 4 heteroatoms. The van der Waals surface area contributed by atoms with Crippen molar-refractivity contribution in [2.45, 2.75) is 142 Å². The zero-order chi connectivity index (χ0) is 24.2. The Bertz CT molecular complexity index is 447.